The molecule has 0 aliphatic rings. The number of imidazole rings is 1. The largest absolute Gasteiger partial charge is 0.418 e. The van der Waals surface area contributed by atoms with Crippen molar-refractivity contribution in [3.63, 3.8) is 0 Å². The number of hydrogen-bond acceptors (Lipinski definition) is 1. The summed E-state index contributed by atoms with van der Waals surface area (Å²) in [4.78, 5) is 3.88. The van der Waals surface area contributed by atoms with E-state index in [1.54, 1.807) is 6.07 Å². The second-order valence-corrected chi connectivity index (χ2v) is 4.72. The van der Waals surface area contributed by atoms with E-state index in [2.05, 4.69) is 36.8 Å². The molecule has 0 unspecified atom stereocenters. The van der Waals surface area contributed by atoms with Gasteiger partial charge in [-0.1, -0.05) is 12.1 Å². The Hall–Kier alpha value is -0.820. The molecule has 0 amide bonds. The molecule has 0 fully saturated rings. The van der Waals surface area contributed by atoms with Gasteiger partial charge < -0.3 is 0 Å². The molecule has 0 aliphatic carbocycles. The molecule has 0 bridgehead atoms. The molecule has 0 aliphatic heterocycles. The van der Waals surface area contributed by atoms with Gasteiger partial charge in [-0.15, -0.1) is 0 Å². The number of halogens is 5. The van der Waals surface area contributed by atoms with Gasteiger partial charge in [-0.2, -0.15) is 13.2 Å². The number of rotatable bonds is 1. The topological polar surface area (TPSA) is 17.8 Å². The predicted molar refractivity (Wildman–Crippen MR) is 64.0 cm³/mol. The Bertz CT molecular complexity index is 529. The van der Waals surface area contributed by atoms with Gasteiger partial charge in [0.25, 0.3) is 0 Å². The lowest BCUT2D eigenvalue weighted by atomic mass is 10.1. The van der Waals surface area contributed by atoms with E-state index in [1.165, 1.54) is 22.9 Å². The molecule has 0 radical (unpaired) electrons. The summed E-state index contributed by atoms with van der Waals surface area (Å²) < 4.78 is 40.6. The van der Waals surface area contributed by atoms with E-state index < -0.39 is 11.7 Å². The maximum Gasteiger partial charge on any atom is 0.418 e. The Morgan fingerprint density at radius 1 is 1.12 bits per heavy atom. The lowest BCUT2D eigenvalue weighted by Crippen LogP contribution is -2.10. The van der Waals surface area contributed by atoms with Gasteiger partial charge in [-0.05, 0) is 44.0 Å². The number of benzene rings is 1. The van der Waals surface area contributed by atoms with Crippen molar-refractivity contribution in [1.29, 1.82) is 0 Å². The SMILES string of the molecule is FC(F)(F)c1ccccc1-n1c(Br)cnc1Br. The Balaban J connectivity index is 2.69. The highest BCUT2D eigenvalue weighted by molar-refractivity contribution is 9.11. The number of para-hydroxylation sites is 1. The number of alkyl halides is 3. The molecule has 1 aromatic carbocycles. The molecule has 1 aromatic heterocycles. The molecular formula is C10H5Br2F3N2. The highest BCUT2D eigenvalue weighted by Crippen LogP contribution is 2.36. The van der Waals surface area contributed by atoms with Crippen molar-refractivity contribution in [2.45, 2.75) is 6.18 Å². The Morgan fingerprint density at radius 3 is 2.29 bits per heavy atom. The summed E-state index contributed by atoms with van der Waals surface area (Å²) in [5, 5.41) is 0. The minimum absolute atomic E-state index is 0.0243. The fourth-order valence-electron chi connectivity index (χ4n) is 1.43. The lowest BCUT2D eigenvalue weighted by molar-refractivity contribution is -0.137. The minimum atomic E-state index is -4.40. The van der Waals surface area contributed by atoms with Gasteiger partial charge in [-0.25, -0.2) is 4.98 Å². The highest BCUT2D eigenvalue weighted by atomic mass is 79.9. The molecule has 1 heterocycles. The van der Waals surface area contributed by atoms with Crippen LogP contribution in [-0.4, -0.2) is 9.55 Å². The maximum absolute atomic E-state index is 12.8. The molecule has 0 saturated carbocycles. The first kappa shape index (κ1) is 12.6. The normalized spacial score (nSPS) is 11.8. The third-order valence-electron chi connectivity index (χ3n) is 2.13. The van der Waals surface area contributed by atoms with Crippen LogP contribution < -0.4 is 0 Å². The van der Waals surface area contributed by atoms with Crippen LogP contribution in [0.15, 0.2) is 39.8 Å². The summed E-state index contributed by atoms with van der Waals surface area (Å²) in [7, 11) is 0. The van der Waals surface area contributed by atoms with Crippen molar-refractivity contribution in [3.05, 3.63) is 45.4 Å². The highest BCUT2D eigenvalue weighted by Gasteiger charge is 2.34. The summed E-state index contributed by atoms with van der Waals surface area (Å²) in [6, 6.07) is 5.32. The molecule has 2 nitrogen and oxygen atoms in total. The smallest absolute Gasteiger partial charge is 0.281 e. The fraction of sp³-hybridized carbons (Fsp3) is 0.100. The molecule has 7 heteroatoms. The molecule has 0 N–H and O–H groups in total. The van der Waals surface area contributed by atoms with E-state index in [0.29, 0.717) is 9.34 Å². The Morgan fingerprint density at radius 2 is 1.76 bits per heavy atom. The monoisotopic (exact) mass is 368 g/mol. The summed E-state index contributed by atoms with van der Waals surface area (Å²) >= 11 is 6.27. The van der Waals surface area contributed by atoms with Gasteiger partial charge in [0, 0.05) is 0 Å². The van der Waals surface area contributed by atoms with Crippen molar-refractivity contribution >= 4 is 31.9 Å². The molecule has 2 rings (SSSR count). The van der Waals surface area contributed by atoms with E-state index in [9.17, 15) is 13.2 Å². The van der Waals surface area contributed by atoms with Crippen LogP contribution in [0, 0.1) is 0 Å². The molecule has 0 atom stereocenters. The first-order valence-electron chi connectivity index (χ1n) is 4.46. The van der Waals surface area contributed by atoms with Gasteiger partial charge in [0.05, 0.1) is 17.4 Å². The standard InChI is InChI=1S/C10H5Br2F3N2/c11-8-5-16-9(12)17(8)7-4-2-1-3-6(7)10(13,14)15/h1-5H. The zero-order chi connectivity index (χ0) is 12.6. The average molecular weight is 370 g/mol. The van der Waals surface area contributed by atoms with Crippen LogP contribution in [0.25, 0.3) is 5.69 Å². The summed E-state index contributed by atoms with van der Waals surface area (Å²) in [5.74, 6) is 0. The second-order valence-electron chi connectivity index (χ2n) is 3.20. The third kappa shape index (κ3) is 2.40. The summed E-state index contributed by atoms with van der Waals surface area (Å²) in [6.07, 6.45) is -2.98. The number of hydrogen-bond donors (Lipinski definition) is 0. The molecule has 17 heavy (non-hydrogen) atoms. The second kappa shape index (κ2) is 4.45. The molecule has 0 spiro atoms. The fourth-order valence-corrected chi connectivity index (χ4v) is 2.62. The van der Waals surface area contributed by atoms with E-state index >= 15 is 0 Å². The number of nitrogens with zero attached hydrogens (tertiary/aromatic N) is 2. The van der Waals surface area contributed by atoms with Crippen molar-refractivity contribution in [2.75, 3.05) is 0 Å². The van der Waals surface area contributed by atoms with Crippen LogP contribution in [0.3, 0.4) is 0 Å². The van der Waals surface area contributed by atoms with E-state index in [4.69, 9.17) is 0 Å². The van der Waals surface area contributed by atoms with Crippen LogP contribution in [0.4, 0.5) is 13.2 Å². The Labute approximate surface area is 112 Å². The average Bonchev–Trinajstić information content (AvgIpc) is 2.57. The van der Waals surface area contributed by atoms with Gasteiger partial charge in [-0.3, -0.25) is 4.57 Å². The summed E-state index contributed by atoms with van der Waals surface area (Å²) in [6.45, 7) is 0. The van der Waals surface area contributed by atoms with Crippen molar-refractivity contribution in [1.82, 2.24) is 9.55 Å². The van der Waals surface area contributed by atoms with Gasteiger partial charge in [0.2, 0.25) is 0 Å². The van der Waals surface area contributed by atoms with E-state index in [0.717, 1.165) is 6.07 Å². The zero-order valence-corrected chi connectivity index (χ0v) is 11.3. The van der Waals surface area contributed by atoms with Crippen LogP contribution in [-0.2, 0) is 6.18 Å². The molecule has 2 aromatic rings. The van der Waals surface area contributed by atoms with Crippen LogP contribution in [0.5, 0.6) is 0 Å². The number of aromatic nitrogens is 2. The quantitative estimate of drug-likeness (QED) is 0.727. The third-order valence-corrected chi connectivity index (χ3v) is 3.24. The van der Waals surface area contributed by atoms with Crippen molar-refractivity contribution in [3.8, 4) is 5.69 Å². The van der Waals surface area contributed by atoms with E-state index in [-0.39, 0.29) is 5.69 Å². The minimum Gasteiger partial charge on any atom is -0.281 e. The molecule has 90 valence electrons. The Kier molecular flexibility index (Phi) is 3.31. The van der Waals surface area contributed by atoms with Gasteiger partial charge in [0.15, 0.2) is 4.73 Å². The van der Waals surface area contributed by atoms with Gasteiger partial charge >= 0.3 is 6.18 Å². The first-order valence-corrected chi connectivity index (χ1v) is 6.05. The van der Waals surface area contributed by atoms with Crippen LogP contribution in [0.1, 0.15) is 5.56 Å². The summed E-state index contributed by atoms with van der Waals surface area (Å²) in [5.41, 5.74) is -0.685. The van der Waals surface area contributed by atoms with E-state index in [1.807, 2.05) is 0 Å². The lowest BCUT2D eigenvalue weighted by Gasteiger charge is -2.14. The van der Waals surface area contributed by atoms with Crippen molar-refractivity contribution in [2.24, 2.45) is 0 Å². The predicted octanol–water partition coefficient (Wildman–Crippen LogP) is 4.42. The zero-order valence-electron chi connectivity index (χ0n) is 8.17. The maximum atomic E-state index is 12.8. The van der Waals surface area contributed by atoms with Gasteiger partial charge in [0.1, 0.15) is 4.60 Å². The molecular weight excluding hydrogens is 365 g/mol. The van der Waals surface area contributed by atoms with Crippen molar-refractivity contribution < 1.29 is 13.2 Å². The molecule has 0 saturated heterocycles. The van der Waals surface area contributed by atoms with Crippen LogP contribution >= 0.6 is 31.9 Å². The van der Waals surface area contributed by atoms with Crippen LogP contribution in [0.2, 0.25) is 0 Å². The first-order chi connectivity index (χ1) is 7.91.